The fraction of sp³-hybridized carbons (Fsp3) is 0.130. The van der Waals surface area contributed by atoms with Crippen molar-refractivity contribution < 1.29 is 0 Å². The van der Waals surface area contributed by atoms with Crippen molar-refractivity contribution in [2.75, 3.05) is 0 Å². The van der Waals surface area contributed by atoms with Crippen molar-refractivity contribution >= 4 is 27.8 Å². The summed E-state index contributed by atoms with van der Waals surface area (Å²) in [7, 11) is 0. The first-order valence-corrected chi connectivity index (χ1v) is 10.1. The fourth-order valence-electron chi connectivity index (χ4n) is 4.22. The summed E-state index contributed by atoms with van der Waals surface area (Å²) in [6.07, 6.45) is 6.10. The number of para-hydroxylation sites is 2. The van der Waals surface area contributed by atoms with Crippen LogP contribution in [-0.4, -0.2) is 25.1 Å². The van der Waals surface area contributed by atoms with Gasteiger partial charge in [0.05, 0.1) is 16.9 Å². The van der Waals surface area contributed by atoms with Crippen LogP contribution < -0.4 is 17.2 Å². The van der Waals surface area contributed by atoms with Crippen LogP contribution in [-0.2, 0) is 0 Å². The van der Waals surface area contributed by atoms with Crippen LogP contribution in [0.5, 0.6) is 0 Å². The monoisotopic (exact) mass is 413 g/mol. The van der Waals surface area contributed by atoms with Crippen LogP contribution in [0, 0.1) is 0 Å². The number of rotatable bonds is 5. The molecule has 0 saturated heterocycles. The van der Waals surface area contributed by atoms with Gasteiger partial charge in [-0.2, -0.15) is 0 Å². The Morgan fingerprint density at radius 2 is 1.77 bits per heavy atom. The van der Waals surface area contributed by atoms with Gasteiger partial charge in [-0.1, -0.05) is 43.3 Å². The third-order valence-corrected chi connectivity index (χ3v) is 5.59. The molecule has 0 aliphatic rings. The molecule has 0 aliphatic heterocycles. The van der Waals surface area contributed by atoms with Crippen LogP contribution in [0.4, 0.5) is 0 Å². The van der Waals surface area contributed by atoms with Crippen LogP contribution in [0.25, 0.3) is 38.8 Å². The molecule has 0 saturated carbocycles. The smallest absolute Gasteiger partial charge is 0.330 e. The molecule has 3 heterocycles. The highest BCUT2D eigenvalue weighted by molar-refractivity contribution is 5.96. The minimum atomic E-state index is -0.240. The number of imidazole rings is 1. The summed E-state index contributed by atoms with van der Waals surface area (Å²) >= 11 is 0. The Morgan fingerprint density at radius 3 is 2.55 bits per heavy atom. The van der Waals surface area contributed by atoms with E-state index >= 15 is 0 Å². The van der Waals surface area contributed by atoms with Crippen molar-refractivity contribution in [3.8, 4) is 16.9 Å². The van der Waals surface area contributed by atoms with Crippen molar-refractivity contribution in [3.63, 3.8) is 0 Å². The molecule has 1 unspecified atom stereocenters. The average molecular weight is 413 g/mol. The molecule has 6 N–H and O–H groups in total. The lowest BCUT2D eigenvalue weighted by Gasteiger charge is -2.14. The third kappa shape index (κ3) is 3.00. The molecule has 3 aromatic heterocycles. The molecule has 156 valence electrons. The number of nitrogens with zero attached hydrogens (tertiary/aromatic N) is 3. The van der Waals surface area contributed by atoms with Crippen LogP contribution in [0.15, 0.2) is 76.9 Å². The van der Waals surface area contributed by atoms with E-state index in [-0.39, 0.29) is 17.8 Å². The summed E-state index contributed by atoms with van der Waals surface area (Å²) < 4.78 is 3.76. The molecular weight excluding hydrogens is 390 g/mol. The molecule has 5 aromatic rings. The molecule has 5 rings (SSSR count). The van der Waals surface area contributed by atoms with E-state index in [1.54, 1.807) is 10.8 Å². The number of aromatic amines is 2. The van der Waals surface area contributed by atoms with Gasteiger partial charge in [0, 0.05) is 40.4 Å². The number of H-pyrrole nitrogens is 2. The van der Waals surface area contributed by atoms with Gasteiger partial charge in [-0.15, -0.1) is 0 Å². The fourth-order valence-corrected chi connectivity index (χ4v) is 4.22. The van der Waals surface area contributed by atoms with Gasteiger partial charge in [0.25, 0.3) is 0 Å². The zero-order valence-electron chi connectivity index (χ0n) is 17.0. The average Bonchev–Trinajstić information content (AvgIpc) is 3.46. The van der Waals surface area contributed by atoms with E-state index in [1.807, 2.05) is 67.8 Å². The van der Waals surface area contributed by atoms with Crippen LogP contribution in [0.1, 0.15) is 19.5 Å². The van der Waals surface area contributed by atoms with E-state index in [2.05, 4.69) is 19.5 Å². The number of aliphatic imine (C=N–C) groups is 1. The van der Waals surface area contributed by atoms with Gasteiger partial charge >= 0.3 is 5.69 Å². The second kappa shape index (κ2) is 7.24. The quantitative estimate of drug-likeness (QED) is 0.261. The lowest BCUT2D eigenvalue weighted by molar-refractivity contribution is 0.524. The van der Waals surface area contributed by atoms with E-state index in [0.29, 0.717) is 0 Å². The van der Waals surface area contributed by atoms with E-state index in [0.717, 1.165) is 45.2 Å². The number of hydrogen-bond acceptors (Lipinski definition) is 2. The molecule has 2 aromatic carbocycles. The Morgan fingerprint density at radius 1 is 1.03 bits per heavy atom. The molecule has 8 heteroatoms. The molecule has 0 amide bonds. The number of aromatic nitrogens is 4. The van der Waals surface area contributed by atoms with Crippen molar-refractivity contribution in [3.05, 3.63) is 77.6 Å². The second-order valence-electron chi connectivity index (χ2n) is 7.44. The molecule has 0 radical (unpaired) electrons. The normalized spacial score (nSPS) is 12.4. The minimum Gasteiger partial charge on any atom is -0.370 e. The summed E-state index contributed by atoms with van der Waals surface area (Å²) in [5.74, 6) is 0.0449. The van der Waals surface area contributed by atoms with Crippen molar-refractivity contribution in [1.29, 1.82) is 0 Å². The molecule has 0 fully saturated rings. The Kier molecular flexibility index (Phi) is 4.39. The summed E-state index contributed by atoms with van der Waals surface area (Å²) in [5, 5.41) is 1.99. The number of guanidine groups is 1. The lowest BCUT2D eigenvalue weighted by atomic mass is 10.1. The Labute approximate surface area is 177 Å². The number of nitrogens with one attached hydrogen (secondary N) is 2. The first-order valence-electron chi connectivity index (χ1n) is 10.1. The third-order valence-electron chi connectivity index (χ3n) is 5.59. The minimum absolute atomic E-state index is 0.0449. The highest BCUT2D eigenvalue weighted by Crippen LogP contribution is 2.35. The number of fused-ring (bicyclic) bond motifs is 2. The van der Waals surface area contributed by atoms with Gasteiger partial charge < -0.3 is 26.0 Å². The summed E-state index contributed by atoms with van der Waals surface area (Å²) in [5.41, 5.74) is 15.6. The molecule has 0 aliphatic carbocycles. The van der Waals surface area contributed by atoms with Crippen LogP contribution >= 0.6 is 0 Å². The zero-order chi connectivity index (χ0) is 21.5. The van der Waals surface area contributed by atoms with E-state index in [1.165, 1.54) is 0 Å². The molecule has 8 nitrogen and oxygen atoms in total. The van der Waals surface area contributed by atoms with Crippen LogP contribution in [0.2, 0.25) is 0 Å². The largest absolute Gasteiger partial charge is 0.370 e. The van der Waals surface area contributed by atoms with E-state index < -0.39 is 0 Å². The Hall–Kier alpha value is -4.20. The van der Waals surface area contributed by atoms with Gasteiger partial charge in [-0.05, 0) is 18.6 Å². The standard InChI is InChI=1S/C23H23N7O/c1-2-21(28-22(24)25)29-13-16(14-7-4-6-10-18(14)29)20-12-27-23(31)30(20)19-11-26-17-9-5-3-8-15(17)19/h3-13,21,26H,2H2,1H3,(H,27,31)(H4,24,25,28). The molecule has 0 spiro atoms. The van der Waals surface area contributed by atoms with Crippen molar-refractivity contribution in [2.45, 2.75) is 19.5 Å². The van der Waals surface area contributed by atoms with Gasteiger partial charge in [-0.25, -0.2) is 9.79 Å². The SMILES string of the molecule is CCC(N=C(N)N)n1cc(-c2c[nH]c(=O)n2-c2c[nH]c3ccccc23)c2ccccc21. The number of benzene rings is 2. The molecule has 31 heavy (non-hydrogen) atoms. The highest BCUT2D eigenvalue weighted by Gasteiger charge is 2.20. The van der Waals surface area contributed by atoms with Crippen LogP contribution in [0.3, 0.4) is 0 Å². The topological polar surface area (TPSA) is 123 Å². The van der Waals surface area contributed by atoms with E-state index in [9.17, 15) is 4.79 Å². The Bertz CT molecular complexity index is 1480. The number of hydrogen-bond donors (Lipinski definition) is 4. The number of nitrogens with two attached hydrogens (primary N) is 2. The first kappa shape index (κ1) is 18.8. The van der Waals surface area contributed by atoms with Crippen molar-refractivity contribution in [1.82, 2.24) is 19.1 Å². The predicted molar refractivity (Wildman–Crippen MR) is 124 cm³/mol. The maximum absolute atomic E-state index is 12.9. The summed E-state index contributed by atoms with van der Waals surface area (Å²) in [6.45, 7) is 2.03. The van der Waals surface area contributed by atoms with Gasteiger partial charge in [0.1, 0.15) is 6.17 Å². The maximum atomic E-state index is 12.9. The van der Waals surface area contributed by atoms with Gasteiger partial charge in [-0.3, -0.25) is 4.57 Å². The maximum Gasteiger partial charge on any atom is 0.330 e. The predicted octanol–water partition coefficient (Wildman–Crippen LogP) is 3.45. The summed E-state index contributed by atoms with van der Waals surface area (Å²) in [4.78, 5) is 23.4. The molecular formula is C23H23N7O. The highest BCUT2D eigenvalue weighted by atomic mass is 16.1. The lowest BCUT2D eigenvalue weighted by Crippen LogP contribution is -2.24. The van der Waals surface area contributed by atoms with E-state index in [4.69, 9.17) is 11.5 Å². The summed E-state index contributed by atoms with van der Waals surface area (Å²) in [6, 6.07) is 16.0. The molecule has 0 bridgehead atoms. The second-order valence-corrected chi connectivity index (χ2v) is 7.44. The van der Waals surface area contributed by atoms with Gasteiger partial charge in [0.15, 0.2) is 5.96 Å². The first-order chi connectivity index (χ1) is 15.1. The molecule has 1 atom stereocenters. The zero-order valence-corrected chi connectivity index (χ0v) is 17.0. The van der Waals surface area contributed by atoms with Gasteiger partial charge in [0.2, 0.25) is 0 Å². The van der Waals surface area contributed by atoms with Crippen molar-refractivity contribution in [2.24, 2.45) is 16.5 Å². The Balaban J connectivity index is 1.77.